The summed E-state index contributed by atoms with van der Waals surface area (Å²) in [4.78, 5) is 0.307. The van der Waals surface area contributed by atoms with Crippen LogP contribution in [0.2, 0.25) is 0 Å². The molecule has 0 aromatic heterocycles. The molecule has 0 aliphatic heterocycles. The van der Waals surface area contributed by atoms with Gasteiger partial charge in [0.15, 0.2) is 0 Å². The lowest BCUT2D eigenvalue weighted by atomic mass is 10.1. The summed E-state index contributed by atoms with van der Waals surface area (Å²) < 4.78 is 33.7. The van der Waals surface area contributed by atoms with Crippen molar-refractivity contribution in [3.63, 3.8) is 0 Å². The molecule has 1 fully saturated rings. The summed E-state index contributed by atoms with van der Waals surface area (Å²) in [5.41, 5.74) is 8.68. The third-order valence-corrected chi connectivity index (χ3v) is 6.17. The number of methoxy groups -OCH3 is 1. The minimum atomic E-state index is -3.60. The van der Waals surface area contributed by atoms with Gasteiger partial charge in [-0.3, -0.25) is 0 Å². The van der Waals surface area contributed by atoms with Crippen LogP contribution in [-0.4, -0.2) is 27.7 Å². The van der Waals surface area contributed by atoms with E-state index in [9.17, 15) is 8.42 Å². The van der Waals surface area contributed by atoms with Gasteiger partial charge in [-0.25, -0.2) is 13.1 Å². The third kappa shape index (κ3) is 3.07. The smallest absolute Gasteiger partial charge is 0.241 e. The molecular weight excluding hydrogens is 288 g/mol. The van der Waals surface area contributed by atoms with Crippen LogP contribution in [0.15, 0.2) is 11.0 Å². The summed E-state index contributed by atoms with van der Waals surface area (Å²) in [6, 6.07) is 1.65. The number of sulfonamides is 1. The fourth-order valence-corrected chi connectivity index (χ4v) is 4.92. The first-order chi connectivity index (χ1) is 9.77. The number of rotatable bonds is 4. The van der Waals surface area contributed by atoms with Crippen molar-refractivity contribution in [1.82, 2.24) is 4.72 Å². The molecule has 0 spiro atoms. The monoisotopic (exact) mass is 312 g/mol. The van der Waals surface area contributed by atoms with Gasteiger partial charge in [-0.15, -0.1) is 0 Å². The SMILES string of the molecule is COC1CCCC1NS(=O)(=O)c1c(C)c(C)cc(N)c1C. The molecule has 1 aliphatic carbocycles. The molecular formula is C15H24N2O3S. The van der Waals surface area contributed by atoms with Gasteiger partial charge in [-0.2, -0.15) is 0 Å². The highest BCUT2D eigenvalue weighted by atomic mass is 32.2. The van der Waals surface area contributed by atoms with Gasteiger partial charge in [0.25, 0.3) is 0 Å². The van der Waals surface area contributed by atoms with Crippen molar-refractivity contribution >= 4 is 15.7 Å². The molecule has 0 radical (unpaired) electrons. The summed E-state index contributed by atoms with van der Waals surface area (Å²) >= 11 is 0. The average Bonchev–Trinajstić information content (AvgIpc) is 2.82. The van der Waals surface area contributed by atoms with E-state index in [1.807, 2.05) is 19.9 Å². The van der Waals surface area contributed by atoms with Crippen LogP contribution in [0.4, 0.5) is 5.69 Å². The maximum absolute atomic E-state index is 12.8. The summed E-state index contributed by atoms with van der Waals surface area (Å²) in [7, 11) is -1.98. The van der Waals surface area contributed by atoms with Crippen LogP contribution >= 0.6 is 0 Å². The van der Waals surface area contributed by atoms with Crippen LogP contribution in [0, 0.1) is 20.8 Å². The van der Waals surface area contributed by atoms with Crippen molar-refractivity contribution < 1.29 is 13.2 Å². The highest BCUT2D eigenvalue weighted by molar-refractivity contribution is 7.89. The van der Waals surface area contributed by atoms with Gasteiger partial charge in [0.2, 0.25) is 10.0 Å². The van der Waals surface area contributed by atoms with E-state index < -0.39 is 10.0 Å². The number of nitrogen functional groups attached to an aromatic ring is 1. The zero-order chi connectivity index (χ0) is 15.8. The van der Waals surface area contributed by atoms with Crippen molar-refractivity contribution in [3.05, 3.63) is 22.8 Å². The van der Waals surface area contributed by atoms with E-state index in [4.69, 9.17) is 10.5 Å². The van der Waals surface area contributed by atoms with Gasteiger partial charge in [-0.05, 0) is 62.8 Å². The van der Waals surface area contributed by atoms with Crippen molar-refractivity contribution in [1.29, 1.82) is 0 Å². The van der Waals surface area contributed by atoms with E-state index in [2.05, 4.69) is 4.72 Å². The summed E-state index contributed by atoms with van der Waals surface area (Å²) in [6.07, 6.45) is 2.61. The fourth-order valence-electron chi connectivity index (χ4n) is 3.05. The average molecular weight is 312 g/mol. The molecule has 6 heteroatoms. The van der Waals surface area contributed by atoms with Crippen LogP contribution < -0.4 is 10.5 Å². The molecule has 1 saturated carbocycles. The van der Waals surface area contributed by atoms with Crippen LogP contribution in [0.1, 0.15) is 36.0 Å². The van der Waals surface area contributed by atoms with Gasteiger partial charge in [0.1, 0.15) is 0 Å². The number of nitrogens with one attached hydrogen (secondary N) is 1. The van der Waals surface area contributed by atoms with Crippen LogP contribution in [0.5, 0.6) is 0 Å². The molecule has 2 unspecified atom stereocenters. The normalized spacial score (nSPS) is 22.7. The zero-order valence-electron chi connectivity index (χ0n) is 13.1. The zero-order valence-corrected chi connectivity index (χ0v) is 13.9. The Bertz CT molecular complexity index is 615. The van der Waals surface area contributed by atoms with Crippen molar-refractivity contribution in [2.45, 2.75) is 57.1 Å². The molecule has 118 valence electrons. The number of hydrogen-bond acceptors (Lipinski definition) is 4. The van der Waals surface area contributed by atoms with Crippen molar-refractivity contribution in [2.24, 2.45) is 0 Å². The molecule has 2 atom stereocenters. The Morgan fingerprint density at radius 1 is 1.24 bits per heavy atom. The Morgan fingerprint density at radius 2 is 1.90 bits per heavy atom. The lowest BCUT2D eigenvalue weighted by Crippen LogP contribution is -2.41. The number of ether oxygens (including phenoxy) is 1. The molecule has 21 heavy (non-hydrogen) atoms. The molecule has 1 aromatic carbocycles. The maximum atomic E-state index is 12.8. The van der Waals surface area contributed by atoms with Gasteiger partial charge >= 0.3 is 0 Å². The van der Waals surface area contributed by atoms with Gasteiger partial charge < -0.3 is 10.5 Å². The van der Waals surface area contributed by atoms with Gasteiger partial charge in [-0.1, -0.05) is 0 Å². The number of hydrogen-bond donors (Lipinski definition) is 2. The first kappa shape index (κ1) is 16.3. The first-order valence-electron chi connectivity index (χ1n) is 7.19. The Kier molecular flexibility index (Phi) is 4.60. The Morgan fingerprint density at radius 3 is 2.52 bits per heavy atom. The quantitative estimate of drug-likeness (QED) is 0.834. The largest absolute Gasteiger partial charge is 0.398 e. The van der Waals surface area contributed by atoms with E-state index >= 15 is 0 Å². The lowest BCUT2D eigenvalue weighted by Gasteiger charge is -2.22. The van der Waals surface area contributed by atoms with Crippen molar-refractivity contribution in [3.8, 4) is 0 Å². The second kappa shape index (κ2) is 5.94. The van der Waals surface area contributed by atoms with Crippen LogP contribution in [-0.2, 0) is 14.8 Å². The van der Waals surface area contributed by atoms with E-state index in [0.29, 0.717) is 16.1 Å². The van der Waals surface area contributed by atoms with Crippen LogP contribution in [0.25, 0.3) is 0 Å². The predicted molar refractivity (Wildman–Crippen MR) is 83.8 cm³/mol. The number of nitrogens with two attached hydrogens (primary N) is 1. The molecule has 1 aliphatic rings. The lowest BCUT2D eigenvalue weighted by molar-refractivity contribution is 0.0916. The number of benzene rings is 1. The minimum absolute atomic E-state index is 0.0532. The Hall–Kier alpha value is -1.11. The molecule has 3 N–H and O–H groups in total. The maximum Gasteiger partial charge on any atom is 0.241 e. The minimum Gasteiger partial charge on any atom is -0.398 e. The molecule has 0 bridgehead atoms. The molecule has 0 heterocycles. The molecule has 0 saturated heterocycles. The summed E-state index contributed by atoms with van der Waals surface area (Å²) in [5, 5.41) is 0. The standard InChI is InChI=1S/C15H24N2O3S/c1-9-8-12(16)11(3)15(10(9)2)21(18,19)17-13-6-5-7-14(13)20-4/h8,13-14,17H,5-7,16H2,1-4H3. The topological polar surface area (TPSA) is 81.4 Å². The van der Waals surface area contributed by atoms with Crippen LogP contribution in [0.3, 0.4) is 0 Å². The Balaban J connectivity index is 2.41. The Labute approximate surface area is 126 Å². The van der Waals surface area contributed by atoms with Gasteiger partial charge in [0, 0.05) is 18.8 Å². The van der Waals surface area contributed by atoms with Crippen molar-refractivity contribution in [2.75, 3.05) is 12.8 Å². The van der Waals surface area contributed by atoms with E-state index in [1.54, 1.807) is 14.0 Å². The second-order valence-electron chi connectivity index (χ2n) is 5.79. The van der Waals surface area contributed by atoms with E-state index in [0.717, 1.165) is 30.4 Å². The molecule has 5 nitrogen and oxygen atoms in total. The van der Waals surface area contributed by atoms with Gasteiger partial charge in [0.05, 0.1) is 11.0 Å². The summed E-state index contributed by atoms with van der Waals surface area (Å²) in [6.45, 7) is 5.44. The molecule has 1 aromatic rings. The van der Waals surface area contributed by atoms with E-state index in [-0.39, 0.29) is 12.1 Å². The molecule has 2 rings (SSSR count). The number of anilines is 1. The highest BCUT2D eigenvalue weighted by Crippen LogP contribution is 2.29. The predicted octanol–water partition coefficient (Wildman–Crippen LogP) is 2.04. The van der Waals surface area contributed by atoms with E-state index in [1.165, 1.54) is 0 Å². The second-order valence-corrected chi connectivity index (χ2v) is 7.45. The first-order valence-corrected chi connectivity index (χ1v) is 8.67. The highest BCUT2D eigenvalue weighted by Gasteiger charge is 2.33. The third-order valence-electron chi connectivity index (χ3n) is 4.41. The molecule has 0 amide bonds. The fraction of sp³-hybridized carbons (Fsp3) is 0.600. The summed E-state index contributed by atoms with van der Waals surface area (Å²) in [5.74, 6) is 0. The number of aryl methyl sites for hydroxylation is 1.